The van der Waals surface area contributed by atoms with Gasteiger partial charge < -0.3 is 20.5 Å². The van der Waals surface area contributed by atoms with Gasteiger partial charge in [-0.3, -0.25) is 0 Å². The van der Waals surface area contributed by atoms with Gasteiger partial charge in [-0.15, -0.1) is 0 Å². The van der Waals surface area contributed by atoms with Crippen molar-refractivity contribution in [2.75, 3.05) is 6.61 Å². The highest BCUT2D eigenvalue weighted by Gasteiger charge is 2.28. The average molecular weight is 325 g/mol. The van der Waals surface area contributed by atoms with Gasteiger partial charge >= 0.3 is 6.03 Å². The molecule has 0 saturated heterocycles. The molecular weight excluding hydrogens is 304 g/mol. The second-order valence-corrected chi connectivity index (χ2v) is 6.33. The number of urea groups is 1. The minimum Gasteiger partial charge on any atom is -0.492 e. The van der Waals surface area contributed by atoms with E-state index >= 15 is 0 Å². The monoisotopic (exact) mass is 324 g/mol. The molecule has 120 valence electrons. The van der Waals surface area contributed by atoms with E-state index < -0.39 is 6.10 Å². The van der Waals surface area contributed by atoms with Gasteiger partial charge in [-0.2, -0.15) is 0 Å². The Morgan fingerprint density at radius 1 is 1.23 bits per heavy atom. The summed E-state index contributed by atoms with van der Waals surface area (Å²) in [5, 5.41) is 16.4. The lowest BCUT2D eigenvalue weighted by Gasteiger charge is -2.31. The molecule has 1 fully saturated rings. The van der Waals surface area contributed by atoms with Gasteiger partial charge in [-0.25, -0.2) is 4.79 Å². The standard InChI is InChI=1S/C16H21ClN2O3/c17-11-5-3-4-10-12(8-9-22-15(10)11)18-16(21)19-13-6-1-2-7-14(13)20/h3-5,12-14,20H,1-2,6-9H2,(H2,18,19,21). The molecule has 0 bridgehead atoms. The highest BCUT2D eigenvalue weighted by atomic mass is 35.5. The zero-order valence-electron chi connectivity index (χ0n) is 12.3. The van der Waals surface area contributed by atoms with Crippen LogP contribution in [0.1, 0.15) is 43.7 Å². The number of carbonyl (C=O) groups is 1. The summed E-state index contributed by atoms with van der Waals surface area (Å²) >= 11 is 6.13. The highest BCUT2D eigenvalue weighted by molar-refractivity contribution is 6.32. The van der Waals surface area contributed by atoms with E-state index in [2.05, 4.69) is 10.6 Å². The molecule has 3 atom stereocenters. The van der Waals surface area contributed by atoms with Crippen molar-refractivity contribution in [3.63, 3.8) is 0 Å². The Labute approximate surface area is 135 Å². The molecule has 1 aliphatic carbocycles. The highest BCUT2D eigenvalue weighted by Crippen LogP contribution is 2.37. The molecule has 22 heavy (non-hydrogen) atoms. The Bertz CT molecular complexity index is 552. The normalized spacial score (nSPS) is 27.5. The molecule has 1 saturated carbocycles. The minimum atomic E-state index is -0.448. The summed E-state index contributed by atoms with van der Waals surface area (Å²) in [5.74, 6) is 0.651. The Kier molecular flexibility index (Phi) is 4.74. The minimum absolute atomic E-state index is 0.122. The summed E-state index contributed by atoms with van der Waals surface area (Å²) in [5.41, 5.74) is 0.901. The molecule has 0 spiro atoms. The Hall–Kier alpha value is -1.46. The van der Waals surface area contributed by atoms with Crippen molar-refractivity contribution in [3.8, 4) is 5.75 Å². The Balaban J connectivity index is 1.64. The summed E-state index contributed by atoms with van der Waals surface area (Å²) in [6.45, 7) is 0.522. The van der Waals surface area contributed by atoms with Crippen LogP contribution in [0.2, 0.25) is 5.02 Å². The number of para-hydroxylation sites is 1. The number of carbonyl (C=O) groups excluding carboxylic acids is 1. The average Bonchev–Trinajstić information content (AvgIpc) is 2.51. The van der Waals surface area contributed by atoms with E-state index in [4.69, 9.17) is 16.3 Å². The van der Waals surface area contributed by atoms with Crippen LogP contribution in [0.25, 0.3) is 0 Å². The predicted octanol–water partition coefficient (Wildman–Crippen LogP) is 2.77. The first kappa shape index (κ1) is 15.4. The van der Waals surface area contributed by atoms with Crippen LogP contribution in [-0.2, 0) is 0 Å². The maximum atomic E-state index is 12.2. The second kappa shape index (κ2) is 6.75. The number of fused-ring (bicyclic) bond motifs is 1. The first-order valence-corrected chi connectivity index (χ1v) is 8.19. The zero-order chi connectivity index (χ0) is 15.5. The third-order valence-electron chi connectivity index (χ3n) is 4.38. The fraction of sp³-hybridized carbons (Fsp3) is 0.562. The molecule has 1 aromatic carbocycles. The van der Waals surface area contributed by atoms with Crippen LogP contribution >= 0.6 is 11.6 Å². The van der Waals surface area contributed by atoms with Gasteiger partial charge in [0.1, 0.15) is 5.75 Å². The van der Waals surface area contributed by atoms with Crippen molar-refractivity contribution in [1.29, 1.82) is 0 Å². The number of amides is 2. The molecule has 1 aliphatic heterocycles. The summed E-state index contributed by atoms with van der Waals surface area (Å²) < 4.78 is 5.59. The fourth-order valence-electron chi connectivity index (χ4n) is 3.18. The van der Waals surface area contributed by atoms with Crippen molar-refractivity contribution < 1.29 is 14.6 Å². The molecule has 3 rings (SSSR count). The van der Waals surface area contributed by atoms with Gasteiger partial charge in [0.15, 0.2) is 0 Å². The molecule has 1 aromatic rings. The van der Waals surface area contributed by atoms with Crippen LogP contribution in [0.15, 0.2) is 18.2 Å². The number of nitrogens with one attached hydrogen (secondary N) is 2. The lowest BCUT2D eigenvalue weighted by atomic mass is 9.93. The molecular formula is C16H21ClN2O3. The zero-order valence-corrected chi connectivity index (χ0v) is 13.1. The van der Waals surface area contributed by atoms with Gasteiger partial charge in [0.2, 0.25) is 0 Å². The number of aliphatic hydroxyl groups is 1. The van der Waals surface area contributed by atoms with Crippen LogP contribution in [0.3, 0.4) is 0 Å². The quantitative estimate of drug-likeness (QED) is 0.783. The molecule has 6 heteroatoms. The predicted molar refractivity (Wildman–Crippen MR) is 84.2 cm³/mol. The van der Waals surface area contributed by atoms with Crippen molar-refractivity contribution in [2.45, 2.75) is 50.3 Å². The van der Waals surface area contributed by atoms with Crippen LogP contribution in [0.4, 0.5) is 4.79 Å². The summed E-state index contributed by atoms with van der Waals surface area (Å²) in [7, 11) is 0. The van der Waals surface area contributed by atoms with Crippen LogP contribution < -0.4 is 15.4 Å². The summed E-state index contributed by atoms with van der Waals surface area (Å²) in [6.07, 6.45) is 3.89. The van der Waals surface area contributed by atoms with E-state index in [1.165, 1.54) is 0 Å². The fourth-order valence-corrected chi connectivity index (χ4v) is 3.42. The first-order valence-electron chi connectivity index (χ1n) is 7.81. The molecule has 3 unspecified atom stereocenters. The molecule has 0 radical (unpaired) electrons. The van der Waals surface area contributed by atoms with Crippen LogP contribution in [-0.4, -0.2) is 29.9 Å². The van der Waals surface area contributed by atoms with Crippen molar-refractivity contribution in [3.05, 3.63) is 28.8 Å². The lowest BCUT2D eigenvalue weighted by Crippen LogP contribution is -2.50. The number of benzene rings is 1. The SMILES string of the molecule is O=C(NC1CCOc2c(Cl)cccc21)NC1CCCCC1O. The number of aliphatic hydroxyl groups excluding tert-OH is 1. The van der Waals surface area contributed by atoms with Crippen molar-refractivity contribution >= 4 is 17.6 Å². The second-order valence-electron chi connectivity index (χ2n) is 5.92. The third-order valence-corrected chi connectivity index (χ3v) is 4.67. The van der Waals surface area contributed by atoms with E-state index in [0.29, 0.717) is 23.8 Å². The van der Waals surface area contributed by atoms with Crippen LogP contribution in [0.5, 0.6) is 5.75 Å². The number of ether oxygens (including phenoxy) is 1. The molecule has 2 amide bonds. The Morgan fingerprint density at radius 2 is 2.05 bits per heavy atom. The third kappa shape index (κ3) is 3.31. The number of rotatable bonds is 2. The van der Waals surface area contributed by atoms with Gasteiger partial charge in [0, 0.05) is 12.0 Å². The van der Waals surface area contributed by atoms with E-state index in [9.17, 15) is 9.90 Å². The van der Waals surface area contributed by atoms with E-state index in [1.54, 1.807) is 6.07 Å². The number of halogens is 1. The number of hydrogen-bond donors (Lipinski definition) is 3. The summed E-state index contributed by atoms with van der Waals surface area (Å²) in [6, 6.07) is 5.02. The first-order chi connectivity index (χ1) is 10.6. The lowest BCUT2D eigenvalue weighted by molar-refractivity contribution is 0.0938. The van der Waals surface area contributed by atoms with E-state index in [0.717, 1.165) is 31.2 Å². The van der Waals surface area contributed by atoms with Crippen molar-refractivity contribution in [1.82, 2.24) is 10.6 Å². The molecule has 5 nitrogen and oxygen atoms in total. The Morgan fingerprint density at radius 3 is 2.86 bits per heavy atom. The number of hydrogen-bond acceptors (Lipinski definition) is 3. The largest absolute Gasteiger partial charge is 0.492 e. The van der Waals surface area contributed by atoms with E-state index in [1.807, 2.05) is 12.1 Å². The summed E-state index contributed by atoms with van der Waals surface area (Å²) in [4.78, 5) is 12.2. The van der Waals surface area contributed by atoms with Gasteiger partial charge in [0.25, 0.3) is 0 Å². The maximum absolute atomic E-state index is 12.2. The van der Waals surface area contributed by atoms with Crippen LogP contribution in [0, 0.1) is 0 Å². The molecule has 1 heterocycles. The van der Waals surface area contributed by atoms with Gasteiger partial charge in [0.05, 0.1) is 29.8 Å². The smallest absolute Gasteiger partial charge is 0.315 e. The van der Waals surface area contributed by atoms with Gasteiger partial charge in [-0.05, 0) is 18.9 Å². The molecule has 2 aliphatic rings. The van der Waals surface area contributed by atoms with Gasteiger partial charge in [-0.1, -0.05) is 36.6 Å². The maximum Gasteiger partial charge on any atom is 0.315 e. The topological polar surface area (TPSA) is 70.6 Å². The van der Waals surface area contributed by atoms with E-state index in [-0.39, 0.29) is 18.1 Å². The van der Waals surface area contributed by atoms with Crippen molar-refractivity contribution in [2.24, 2.45) is 0 Å². The molecule has 3 N–H and O–H groups in total. The molecule has 0 aromatic heterocycles.